The zero-order valence-corrected chi connectivity index (χ0v) is 16.5. The van der Waals surface area contributed by atoms with E-state index in [1.54, 1.807) is 29.2 Å². The molecular formula is C17H18F3N7O2S. The van der Waals surface area contributed by atoms with Crippen molar-refractivity contribution in [3.63, 3.8) is 0 Å². The van der Waals surface area contributed by atoms with Crippen molar-refractivity contribution in [2.75, 3.05) is 13.1 Å². The van der Waals surface area contributed by atoms with Crippen molar-refractivity contribution >= 4 is 16.7 Å². The quantitative estimate of drug-likeness (QED) is 0.739. The van der Waals surface area contributed by atoms with Crippen molar-refractivity contribution in [1.29, 1.82) is 0 Å². The predicted molar refractivity (Wildman–Crippen MR) is 97.6 cm³/mol. The molecule has 1 unspecified atom stereocenters. The first-order chi connectivity index (χ1) is 14.3. The largest absolute Gasteiger partial charge is 0.437 e. The number of carbonyl (C=O) groups excluding carboxylic acids is 1. The van der Waals surface area contributed by atoms with Gasteiger partial charge in [0.1, 0.15) is 0 Å². The molecule has 0 radical (unpaired) electrons. The lowest BCUT2D eigenvalue weighted by Gasteiger charge is -2.33. The predicted octanol–water partition coefficient (Wildman–Crippen LogP) is 2.47. The molecule has 1 aromatic carbocycles. The molecule has 1 N–H and O–H groups in total. The SMILES string of the molecule is O=C(c1ccc(S(=O)Cc2nn[nH]n2)cc1)N1CCC(CC2(C(F)(F)F)N=N2)CC1. The van der Waals surface area contributed by atoms with Crippen LogP contribution in [0.2, 0.25) is 0 Å². The van der Waals surface area contributed by atoms with Crippen LogP contribution in [-0.2, 0) is 16.6 Å². The molecule has 13 heteroatoms. The number of amides is 1. The number of H-pyrrole nitrogens is 1. The molecule has 9 nitrogen and oxygen atoms in total. The third kappa shape index (κ3) is 4.25. The zero-order chi connectivity index (χ0) is 21.4. The van der Waals surface area contributed by atoms with E-state index in [1.807, 2.05) is 0 Å². The number of piperidine rings is 1. The van der Waals surface area contributed by atoms with Crippen LogP contribution in [0.5, 0.6) is 0 Å². The number of hydrogen-bond donors (Lipinski definition) is 1. The number of nitrogens with one attached hydrogen (secondary N) is 1. The number of tetrazole rings is 1. The molecule has 1 fully saturated rings. The molecule has 1 amide bonds. The van der Waals surface area contributed by atoms with Crippen LogP contribution in [-0.4, -0.2) is 60.6 Å². The maximum atomic E-state index is 13.0. The number of aromatic nitrogens is 4. The van der Waals surface area contributed by atoms with E-state index in [-0.39, 0.29) is 24.0 Å². The molecule has 2 aliphatic rings. The molecule has 30 heavy (non-hydrogen) atoms. The summed E-state index contributed by atoms with van der Waals surface area (Å²) in [6.07, 6.45) is -3.66. The summed E-state index contributed by atoms with van der Waals surface area (Å²) in [6, 6.07) is 6.41. The molecule has 1 saturated heterocycles. The van der Waals surface area contributed by atoms with Gasteiger partial charge in [0.15, 0.2) is 5.82 Å². The zero-order valence-electron chi connectivity index (χ0n) is 15.7. The highest BCUT2D eigenvalue weighted by Crippen LogP contribution is 2.49. The highest BCUT2D eigenvalue weighted by molar-refractivity contribution is 7.84. The van der Waals surface area contributed by atoms with E-state index in [4.69, 9.17) is 0 Å². The molecule has 1 aromatic heterocycles. The van der Waals surface area contributed by atoms with E-state index in [0.29, 0.717) is 42.2 Å². The Morgan fingerprint density at radius 1 is 1.20 bits per heavy atom. The Morgan fingerprint density at radius 3 is 2.40 bits per heavy atom. The number of benzene rings is 1. The Labute approximate surface area is 171 Å². The Morgan fingerprint density at radius 2 is 1.87 bits per heavy atom. The van der Waals surface area contributed by atoms with Crippen molar-refractivity contribution < 1.29 is 22.2 Å². The number of likely N-dealkylation sites (tertiary alicyclic amines) is 1. The summed E-state index contributed by atoms with van der Waals surface area (Å²) in [6.45, 7) is 0.756. The van der Waals surface area contributed by atoms with E-state index in [9.17, 15) is 22.2 Å². The minimum Gasteiger partial charge on any atom is -0.339 e. The highest BCUT2D eigenvalue weighted by Gasteiger charge is 2.64. The van der Waals surface area contributed by atoms with E-state index < -0.39 is 22.6 Å². The van der Waals surface area contributed by atoms with Gasteiger partial charge in [-0.1, -0.05) is 5.21 Å². The third-order valence-electron chi connectivity index (χ3n) is 5.28. The van der Waals surface area contributed by atoms with Crippen LogP contribution in [0.25, 0.3) is 0 Å². The Kier molecular flexibility index (Phi) is 5.38. The lowest BCUT2D eigenvalue weighted by Crippen LogP contribution is -2.41. The molecule has 0 spiro atoms. The van der Waals surface area contributed by atoms with Crippen LogP contribution in [0.4, 0.5) is 13.2 Å². The Bertz CT molecular complexity index is 949. The van der Waals surface area contributed by atoms with Crippen molar-refractivity contribution in [2.45, 2.75) is 41.7 Å². The van der Waals surface area contributed by atoms with Crippen LogP contribution in [0.3, 0.4) is 0 Å². The normalized spacial score (nSPS) is 19.6. The second-order valence-electron chi connectivity index (χ2n) is 7.30. The minimum absolute atomic E-state index is 0.106. The van der Waals surface area contributed by atoms with Crippen LogP contribution in [0, 0.1) is 5.92 Å². The highest BCUT2D eigenvalue weighted by atomic mass is 32.2. The summed E-state index contributed by atoms with van der Waals surface area (Å²) in [5.74, 6) is 0.0568. The number of carbonyl (C=O) groups is 1. The summed E-state index contributed by atoms with van der Waals surface area (Å²) in [5, 5.41) is 19.7. The molecule has 3 heterocycles. The second kappa shape index (κ2) is 7.85. The molecule has 2 aromatic rings. The van der Waals surface area contributed by atoms with Gasteiger partial charge in [-0.3, -0.25) is 9.00 Å². The van der Waals surface area contributed by atoms with Crippen LogP contribution < -0.4 is 0 Å². The lowest BCUT2D eigenvalue weighted by atomic mass is 9.88. The van der Waals surface area contributed by atoms with Gasteiger partial charge in [-0.25, -0.2) is 0 Å². The molecular weight excluding hydrogens is 423 g/mol. The second-order valence-corrected chi connectivity index (χ2v) is 8.75. The molecule has 4 rings (SSSR count). The smallest absolute Gasteiger partial charge is 0.339 e. The molecule has 160 valence electrons. The fourth-order valence-corrected chi connectivity index (χ4v) is 4.45. The fraction of sp³-hybridized carbons (Fsp3) is 0.529. The summed E-state index contributed by atoms with van der Waals surface area (Å²) in [7, 11) is -1.37. The van der Waals surface area contributed by atoms with Crippen LogP contribution >= 0.6 is 0 Å². The first kappa shape index (κ1) is 20.6. The molecule has 0 bridgehead atoms. The average molecular weight is 441 g/mol. The van der Waals surface area contributed by atoms with Gasteiger partial charge in [0.05, 0.1) is 16.6 Å². The minimum atomic E-state index is -4.45. The van der Waals surface area contributed by atoms with E-state index in [1.165, 1.54) is 0 Å². The first-order valence-corrected chi connectivity index (χ1v) is 10.6. The maximum absolute atomic E-state index is 13.0. The summed E-state index contributed by atoms with van der Waals surface area (Å²) < 4.78 is 51.3. The summed E-state index contributed by atoms with van der Waals surface area (Å²) in [4.78, 5) is 14.9. The standard InChI is InChI=1S/C17H18F3N7O2S/c18-17(19,20)16(23-24-16)9-11-5-7-27(8-6-11)15(28)12-1-3-13(4-2-12)30(29)10-14-21-25-26-22-14/h1-4,11H,5-10H2,(H,21,22,25,26). The average Bonchev–Trinajstić information content (AvgIpc) is 3.35. The molecule has 2 aliphatic heterocycles. The molecule has 0 saturated carbocycles. The van der Waals surface area contributed by atoms with Crippen molar-refractivity contribution in [2.24, 2.45) is 16.1 Å². The van der Waals surface area contributed by atoms with Crippen LogP contribution in [0.15, 0.2) is 39.4 Å². The van der Waals surface area contributed by atoms with Gasteiger partial charge in [-0.05, 0) is 43.0 Å². The number of nitrogens with zero attached hydrogens (tertiary/aromatic N) is 6. The number of alkyl halides is 3. The van der Waals surface area contributed by atoms with Gasteiger partial charge in [0, 0.05) is 30.0 Å². The summed E-state index contributed by atoms with van der Waals surface area (Å²) in [5.41, 5.74) is -1.79. The van der Waals surface area contributed by atoms with Gasteiger partial charge in [0.2, 0.25) is 0 Å². The lowest BCUT2D eigenvalue weighted by molar-refractivity contribution is -0.168. The van der Waals surface area contributed by atoms with Crippen molar-refractivity contribution in [3.8, 4) is 0 Å². The Balaban J connectivity index is 1.30. The van der Waals surface area contributed by atoms with Crippen molar-refractivity contribution in [1.82, 2.24) is 25.5 Å². The monoisotopic (exact) mass is 441 g/mol. The van der Waals surface area contributed by atoms with E-state index in [2.05, 4.69) is 30.9 Å². The number of rotatable bonds is 6. The van der Waals surface area contributed by atoms with Gasteiger partial charge in [-0.2, -0.15) is 18.4 Å². The van der Waals surface area contributed by atoms with E-state index in [0.717, 1.165) is 0 Å². The number of halogens is 3. The van der Waals surface area contributed by atoms with Gasteiger partial charge < -0.3 is 4.90 Å². The van der Waals surface area contributed by atoms with Gasteiger partial charge >= 0.3 is 6.18 Å². The maximum Gasteiger partial charge on any atom is 0.437 e. The number of hydrogen-bond acceptors (Lipinski definition) is 7. The van der Waals surface area contributed by atoms with Gasteiger partial charge in [-0.15, -0.1) is 20.4 Å². The van der Waals surface area contributed by atoms with Crippen LogP contribution in [0.1, 0.15) is 35.4 Å². The molecule has 1 atom stereocenters. The first-order valence-electron chi connectivity index (χ1n) is 9.28. The number of aromatic amines is 1. The van der Waals surface area contributed by atoms with Crippen molar-refractivity contribution in [3.05, 3.63) is 35.7 Å². The van der Waals surface area contributed by atoms with E-state index >= 15 is 0 Å². The third-order valence-corrected chi connectivity index (χ3v) is 6.60. The molecule has 0 aliphatic carbocycles. The summed E-state index contributed by atoms with van der Waals surface area (Å²) >= 11 is 0. The fourth-order valence-electron chi connectivity index (χ4n) is 3.49. The van der Waals surface area contributed by atoms with Gasteiger partial charge in [0.25, 0.3) is 11.6 Å². The Hall–Kier alpha value is -2.70. The topological polar surface area (TPSA) is 117 Å².